The first-order valence-electron chi connectivity index (χ1n) is 3.52. The van der Waals surface area contributed by atoms with Crippen LogP contribution in [-0.4, -0.2) is 18.7 Å². The Morgan fingerprint density at radius 1 is 1.00 bits per heavy atom. The third-order valence-corrected chi connectivity index (χ3v) is 1.02. The Balaban J connectivity index is 3.27. The molecule has 11 heavy (non-hydrogen) atoms. The highest BCUT2D eigenvalue weighted by Crippen LogP contribution is 1.88. The topological polar surface area (TPSA) is 52.6 Å². The molecule has 0 unspecified atom stereocenters. The van der Waals surface area contributed by atoms with Crippen molar-refractivity contribution >= 4 is 11.9 Å². The van der Waals surface area contributed by atoms with Gasteiger partial charge in [-0.3, -0.25) is 9.59 Å². The SMILES string of the molecule is CCC(=O)OCOC(=O)CC. The zero-order valence-corrected chi connectivity index (χ0v) is 6.75. The fraction of sp³-hybridized carbons (Fsp3) is 0.714. The summed E-state index contributed by atoms with van der Waals surface area (Å²) in [4.78, 5) is 20.9. The van der Waals surface area contributed by atoms with Crippen LogP contribution < -0.4 is 0 Å². The van der Waals surface area contributed by atoms with Crippen LogP contribution in [0.5, 0.6) is 0 Å². The molecule has 0 radical (unpaired) electrons. The second-order valence-corrected chi connectivity index (χ2v) is 1.86. The number of esters is 2. The van der Waals surface area contributed by atoms with Gasteiger partial charge in [0.1, 0.15) is 0 Å². The van der Waals surface area contributed by atoms with E-state index in [0.29, 0.717) is 12.8 Å². The van der Waals surface area contributed by atoms with Gasteiger partial charge in [0.15, 0.2) is 0 Å². The van der Waals surface area contributed by atoms with Gasteiger partial charge in [-0.2, -0.15) is 0 Å². The van der Waals surface area contributed by atoms with E-state index in [9.17, 15) is 9.59 Å². The van der Waals surface area contributed by atoms with Gasteiger partial charge in [-0.15, -0.1) is 0 Å². The maximum atomic E-state index is 10.5. The lowest BCUT2D eigenvalue weighted by Gasteiger charge is -2.02. The van der Waals surface area contributed by atoms with Crippen LogP contribution in [0.3, 0.4) is 0 Å². The zero-order valence-electron chi connectivity index (χ0n) is 6.75. The maximum absolute atomic E-state index is 10.5. The highest BCUT2D eigenvalue weighted by Gasteiger charge is 2.00. The van der Waals surface area contributed by atoms with Crippen LogP contribution in [0.1, 0.15) is 26.7 Å². The van der Waals surface area contributed by atoms with E-state index in [1.807, 2.05) is 0 Å². The molecule has 4 heteroatoms. The first kappa shape index (κ1) is 9.94. The maximum Gasteiger partial charge on any atom is 0.308 e. The minimum absolute atomic E-state index is 0.265. The second-order valence-electron chi connectivity index (χ2n) is 1.86. The summed E-state index contributed by atoms with van der Waals surface area (Å²) in [5, 5.41) is 0. The summed E-state index contributed by atoms with van der Waals surface area (Å²) in [6, 6.07) is 0. The van der Waals surface area contributed by atoms with Crippen LogP contribution in [-0.2, 0) is 19.1 Å². The first-order chi connectivity index (χ1) is 5.20. The van der Waals surface area contributed by atoms with E-state index >= 15 is 0 Å². The van der Waals surface area contributed by atoms with Gasteiger partial charge in [0.2, 0.25) is 6.79 Å². The minimum Gasteiger partial charge on any atom is -0.428 e. The Labute approximate surface area is 65.5 Å². The van der Waals surface area contributed by atoms with Crippen LogP contribution in [0, 0.1) is 0 Å². The molecule has 0 fully saturated rings. The van der Waals surface area contributed by atoms with E-state index in [0.717, 1.165) is 0 Å². The standard InChI is InChI=1S/C7H12O4/c1-3-6(8)10-5-11-7(9)4-2/h3-5H2,1-2H3. The molecule has 0 heterocycles. The summed E-state index contributed by atoms with van der Waals surface area (Å²) >= 11 is 0. The predicted octanol–water partition coefficient (Wildman–Crippen LogP) is 0.850. The van der Waals surface area contributed by atoms with Gasteiger partial charge in [-0.1, -0.05) is 13.8 Å². The van der Waals surface area contributed by atoms with Crippen molar-refractivity contribution in [1.29, 1.82) is 0 Å². The van der Waals surface area contributed by atoms with Crippen molar-refractivity contribution < 1.29 is 19.1 Å². The average Bonchev–Trinajstić information content (AvgIpc) is 2.04. The Bertz CT molecular complexity index is 125. The van der Waals surface area contributed by atoms with Gasteiger partial charge in [-0.05, 0) is 0 Å². The molecule has 0 aromatic carbocycles. The lowest BCUT2D eigenvalue weighted by molar-refractivity contribution is -0.166. The summed E-state index contributed by atoms with van der Waals surface area (Å²) < 4.78 is 8.96. The Morgan fingerprint density at radius 2 is 1.36 bits per heavy atom. The van der Waals surface area contributed by atoms with Gasteiger partial charge in [-0.25, -0.2) is 0 Å². The van der Waals surface area contributed by atoms with Crippen LogP contribution in [0.15, 0.2) is 0 Å². The number of ether oxygens (including phenoxy) is 2. The number of rotatable bonds is 4. The second kappa shape index (κ2) is 5.70. The molecule has 0 aromatic heterocycles. The molecule has 0 spiro atoms. The Hall–Kier alpha value is -1.06. The summed E-state index contributed by atoms with van der Waals surface area (Å²) in [5.74, 6) is -0.734. The van der Waals surface area contributed by atoms with Crippen LogP contribution in [0.25, 0.3) is 0 Å². The van der Waals surface area contributed by atoms with E-state index in [1.165, 1.54) is 0 Å². The molecule has 0 saturated heterocycles. The molecule has 0 aliphatic carbocycles. The van der Waals surface area contributed by atoms with Gasteiger partial charge >= 0.3 is 11.9 Å². The highest BCUT2D eigenvalue weighted by atomic mass is 16.7. The van der Waals surface area contributed by atoms with E-state index in [-0.39, 0.29) is 18.7 Å². The van der Waals surface area contributed by atoms with Gasteiger partial charge in [0.25, 0.3) is 0 Å². The number of carbonyl (C=O) groups excluding carboxylic acids is 2. The van der Waals surface area contributed by atoms with E-state index in [2.05, 4.69) is 9.47 Å². The minimum atomic E-state index is -0.367. The van der Waals surface area contributed by atoms with E-state index in [1.54, 1.807) is 13.8 Å². The molecule has 0 aromatic rings. The number of hydrogen-bond acceptors (Lipinski definition) is 4. The van der Waals surface area contributed by atoms with Gasteiger partial charge in [0, 0.05) is 12.8 Å². The van der Waals surface area contributed by atoms with Crippen molar-refractivity contribution in [1.82, 2.24) is 0 Å². The number of carbonyl (C=O) groups is 2. The largest absolute Gasteiger partial charge is 0.428 e. The third-order valence-electron chi connectivity index (χ3n) is 1.02. The molecule has 0 amide bonds. The van der Waals surface area contributed by atoms with Crippen molar-refractivity contribution in [2.75, 3.05) is 6.79 Å². The summed E-state index contributed by atoms with van der Waals surface area (Å²) in [6.07, 6.45) is 0.591. The molecule has 0 aliphatic rings. The van der Waals surface area contributed by atoms with Gasteiger partial charge < -0.3 is 9.47 Å². The molecule has 0 bridgehead atoms. The lowest BCUT2D eigenvalue weighted by Crippen LogP contribution is -2.10. The van der Waals surface area contributed by atoms with Crippen LogP contribution in [0.2, 0.25) is 0 Å². The number of hydrogen-bond donors (Lipinski definition) is 0. The monoisotopic (exact) mass is 160 g/mol. The predicted molar refractivity (Wildman–Crippen MR) is 37.6 cm³/mol. The van der Waals surface area contributed by atoms with Crippen molar-refractivity contribution in [3.8, 4) is 0 Å². The molecule has 64 valence electrons. The van der Waals surface area contributed by atoms with Crippen molar-refractivity contribution in [2.45, 2.75) is 26.7 Å². The molecule has 0 aliphatic heterocycles. The van der Waals surface area contributed by atoms with Crippen molar-refractivity contribution in [3.63, 3.8) is 0 Å². The molecular weight excluding hydrogens is 148 g/mol. The summed E-state index contributed by atoms with van der Waals surface area (Å²) in [7, 11) is 0. The average molecular weight is 160 g/mol. The van der Waals surface area contributed by atoms with Gasteiger partial charge in [0.05, 0.1) is 0 Å². The molecule has 0 rings (SSSR count). The molecule has 0 atom stereocenters. The third kappa shape index (κ3) is 5.39. The van der Waals surface area contributed by atoms with Crippen molar-refractivity contribution in [2.24, 2.45) is 0 Å². The normalized spacial score (nSPS) is 8.91. The fourth-order valence-corrected chi connectivity index (χ4v) is 0.365. The summed E-state index contributed by atoms with van der Waals surface area (Å²) in [5.41, 5.74) is 0. The zero-order chi connectivity index (χ0) is 8.69. The molecule has 4 nitrogen and oxygen atoms in total. The molecule has 0 N–H and O–H groups in total. The highest BCUT2D eigenvalue weighted by molar-refractivity contribution is 5.70. The smallest absolute Gasteiger partial charge is 0.308 e. The Kier molecular flexibility index (Phi) is 5.15. The molecule has 0 saturated carbocycles. The van der Waals surface area contributed by atoms with Crippen molar-refractivity contribution in [3.05, 3.63) is 0 Å². The summed E-state index contributed by atoms with van der Waals surface area (Å²) in [6.45, 7) is 3.08. The van der Waals surface area contributed by atoms with Crippen LogP contribution in [0.4, 0.5) is 0 Å². The lowest BCUT2D eigenvalue weighted by atomic mass is 10.5. The van der Waals surface area contributed by atoms with Crippen LogP contribution >= 0.6 is 0 Å². The quantitative estimate of drug-likeness (QED) is 0.452. The van der Waals surface area contributed by atoms with E-state index < -0.39 is 0 Å². The molecular formula is C7H12O4. The fourth-order valence-electron chi connectivity index (χ4n) is 0.365. The first-order valence-corrected chi connectivity index (χ1v) is 3.52. The van der Waals surface area contributed by atoms with E-state index in [4.69, 9.17) is 0 Å². The Morgan fingerprint density at radius 3 is 1.64 bits per heavy atom.